The van der Waals surface area contributed by atoms with Crippen molar-refractivity contribution in [3.8, 4) is 5.75 Å². The van der Waals surface area contributed by atoms with Gasteiger partial charge in [-0.3, -0.25) is 14.5 Å². The van der Waals surface area contributed by atoms with Crippen LogP contribution in [-0.4, -0.2) is 49.5 Å². The van der Waals surface area contributed by atoms with Crippen LogP contribution in [0, 0.1) is 0 Å². The van der Waals surface area contributed by atoms with Crippen LogP contribution in [0.25, 0.3) is 0 Å². The van der Waals surface area contributed by atoms with Gasteiger partial charge in [0, 0.05) is 31.7 Å². The molecule has 0 radical (unpaired) electrons. The van der Waals surface area contributed by atoms with E-state index < -0.39 is 6.04 Å². The van der Waals surface area contributed by atoms with E-state index in [0.717, 1.165) is 16.9 Å². The van der Waals surface area contributed by atoms with E-state index in [9.17, 15) is 9.59 Å². The Balaban J connectivity index is 2.06. The highest BCUT2D eigenvalue weighted by Crippen LogP contribution is 2.21. The Labute approximate surface area is 142 Å². The van der Waals surface area contributed by atoms with E-state index in [1.165, 1.54) is 0 Å². The smallest absolute Gasteiger partial charge is 0.237 e. The molecule has 1 heterocycles. The zero-order valence-corrected chi connectivity index (χ0v) is 14.3. The Morgan fingerprint density at radius 3 is 2.92 bits per heavy atom. The summed E-state index contributed by atoms with van der Waals surface area (Å²) >= 11 is 0. The Hall–Kier alpha value is -2.34. The maximum atomic E-state index is 12.2. The molecule has 130 valence electrons. The van der Waals surface area contributed by atoms with Crippen LogP contribution in [0.4, 0.5) is 0 Å². The van der Waals surface area contributed by atoms with Gasteiger partial charge in [0.1, 0.15) is 5.75 Å². The fourth-order valence-corrected chi connectivity index (χ4v) is 2.72. The molecule has 0 spiro atoms. The summed E-state index contributed by atoms with van der Waals surface area (Å²) in [7, 11) is 1.63. The molecule has 2 amide bonds. The van der Waals surface area contributed by atoms with Gasteiger partial charge < -0.3 is 15.4 Å². The zero-order chi connectivity index (χ0) is 17.5. The highest BCUT2D eigenvalue weighted by Gasteiger charge is 2.31. The van der Waals surface area contributed by atoms with Gasteiger partial charge in [0.25, 0.3) is 0 Å². The fourth-order valence-electron chi connectivity index (χ4n) is 2.72. The standard InChI is InChI=1S/C18H25N3O3/c1-13(2)11-20-17(22)10-15-18(23)19-8-9-21(15)12-14-6-4-5-7-16(14)24-3/h4-7,15H,1,8-12H2,2-3H3,(H,19,23)(H,20,22)/t15-/m1/s1. The summed E-state index contributed by atoms with van der Waals surface area (Å²) in [6, 6.07) is 7.25. The Morgan fingerprint density at radius 1 is 1.46 bits per heavy atom. The lowest BCUT2D eigenvalue weighted by molar-refractivity contribution is -0.134. The van der Waals surface area contributed by atoms with Crippen molar-refractivity contribution >= 4 is 11.8 Å². The lowest BCUT2D eigenvalue weighted by atomic mass is 10.1. The molecule has 24 heavy (non-hydrogen) atoms. The van der Waals surface area contributed by atoms with Gasteiger partial charge in [-0.15, -0.1) is 0 Å². The number of hydrogen-bond acceptors (Lipinski definition) is 4. The number of para-hydroxylation sites is 1. The molecule has 1 fully saturated rings. The molecule has 1 saturated heterocycles. The number of ether oxygens (including phenoxy) is 1. The Bertz CT molecular complexity index is 615. The summed E-state index contributed by atoms with van der Waals surface area (Å²) in [5.41, 5.74) is 1.88. The van der Waals surface area contributed by atoms with Crippen molar-refractivity contribution in [2.75, 3.05) is 26.7 Å². The van der Waals surface area contributed by atoms with Crippen LogP contribution in [0.15, 0.2) is 36.4 Å². The molecule has 0 aliphatic carbocycles. The van der Waals surface area contributed by atoms with E-state index in [0.29, 0.717) is 26.2 Å². The number of hydrogen-bond donors (Lipinski definition) is 2. The number of nitrogens with zero attached hydrogens (tertiary/aromatic N) is 1. The first kappa shape index (κ1) is 18.0. The van der Waals surface area contributed by atoms with Crippen LogP contribution >= 0.6 is 0 Å². The SMILES string of the molecule is C=C(C)CNC(=O)C[C@@H]1C(=O)NCCN1Cc1ccccc1OC. The first-order valence-corrected chi connectivity index (χ1v) is 8.06. The first-order valence-electron chi connectivity index (χ1n) is 8.06. The quantitative estimate of drug-likeness (QED) is 0.734. The van der Waals surface area contributed by atoms with Crippen LogP contribution in [0.3, 0.4) is 0 Å². The molecular formula is C18H25N3O3. The number of rotatable bonds is 7. The molecule has 0 saturated carbocycles. The molecule has 0 bridgehead atoms. The van der Waals surface area contributed by atoms with Gasteiger partial charge in [-0.05, 0) is 13.0 Å². The number of methoxy groups -OCH3 is 1. The van der Waals surface area contributed by atoms with Crippen molar-refractivity contribution in [1.29, 1.82) is 0 Å². The number of carbonyl (C=O) groups is 2. The van der Waals surface area contributed by atoms with Gasteiger partial charge in [-0.25, -0.2) is 0 Å². The van der Waals surface area contributed by atoms with E-state index in [2.05, 4.69) is 17.2 Å². The number of amides is 2. The third-order valence-electron chi connectivity index (χ3n) is 3.97. The summed E-state index contributed by atoms with van der Waals surface area (Å²) in [6.45, 7) is 7.88. The second-order valence-corrected chi connectivity index (χ2v) is 6.03. The minimum absolute atomic E-state index is 0.110. The molecule has 1 aliphatic rings. The molecule has 1 aromatic carbocycles. The zero-order valence-electron chi connectivity index (χ0n) is 14.3. The average Bonchev–Trinajstić information content (AvgIpc) is 2.56. The predicted molar refractivity (Wildman–Crippen MR) is 92.6 cm³/mol. The van der Waals surface area contributed by atoms with Gasteiger partial charge in [-0.2, -0.15) is 0 Å². The highest BCUT2D eigenvalue weighted by atomic mass is 16.5. The average molecular weight is 331 g/mol. The van der Waals surface area contributed by atoms with Crippen molar-refractivity contribution in [2.45, 2.75) is 25.9 Å². The van der Waals surface area contributed by atoms with Gasteiger partial charge >= 0.3 is 0 Å². The maximum absolute atomic E-state index is 12.2. The van der Waals surface area contributed by atoms with Crippen LogP contribution in [0.2, 0.25) is 0 Å². The number of benzene rings is 1. The van der Waals surface area contributed by atoms with Crippen molar-refractivity contribution in [1.82, 2.24) is 15.5 Å². The third kappa shape index (κ3) is 4.83. The molecule has 2 rings (SSSR count). The molecule has 1 aliphatic heterocycles. The van der Waals surface area contributed by atoms with Crippen molar-refractivity contribution in [2.24, 2.45) is 0 Å². The van der Waals surface area contributed by atoms with Gasteiger partial charge in [0.15, 0.2) is 0 Å². The van der Waals surface area contributed by atoms with Crippen LogP contribution in [0.1, 0.15) is 18.9 Å². The van der Waals surface area contributed by atoms with Crippen LogP contribution in [-0.2, 0) is 16.1 Å². The van der Waals surface area contributed by atoms with E-state index in [1.54, 1.807) is 7.11 Å². The fraction of sp³-hybridized carbons (Fsp3) is 0.444. The largest absolute Gasteiger partial charge is 0.496 e. The Morgan fingerprint density at radius 2 is 2.21 bits per heavy atom. The summed E-state index contributed by atoms with van der Waals surface area (Å²) in [5.74, 6) is 0.528. The molecule has 6 heteroatoms. The van der Waals surface area contributed by atoms with Crippen LogP contribution in [0.5, 0.6) is 5.75 Å². The molecule has 2 N–H and O–H groups in total. The molecule has 6 nitrogen and oxygen atoms in total. The van der Waals surface area contributed by atoms with E-state index in [4.69, 9.17) is 4.74 Å². The predicted octanol–water partition coefficient (Wildman–Crippen LogP) is 1.08. The third-order valence-corrected chi connectivity index (χ3v) is 3.97. The number of carbonyl (C=O) groups excluding carboxylic acids is 2. The normalized spacial score (nSPS) is 17.9. The first-order chi connectivity index (χ1) is 11.5. The number of nitrogens with one attached hydrogen (secondary N) is 2. The molecule has 1 atom stereocenters. The van der Waals surface area contributed by atoms with Crippen molar-refractivity contribution in [3.63, 3.8) is 0 Å². The lowest BCUT2D eigenvalue weighted by Crippen LogP contribution is -2.56. The second kappa shape index (κ2) is 8.49. The second-order valence-electron chi connectivity index (χ2n) is 6.03. The van der Waals surface area contributed by atoms with Crippen molar-refractivity contribution < 1.29 is 14.3 Å². The Kier molecular flexibility index (Phi) is 6.37. The maximum Gasteiger partial charge on any atom is 0.237 e. The van der Waals surface area contributed by atoms with Gasteiger partial charge in [0.2, 0.25) is 11.8 Å². The van der Waals surface area contributed by atoms with E-state index in [1.807, 2.05) is 36.1 Å². The van der Waals surface area contributed by atoms with Gasteiger partial charge in [-0.1, -0.05) is 30.4 Å². The minimum atomic E-state index is -0.478. The van der Waals surface area contributed by atoms with Gasteiger partial charge in [0.05, 0.1) is 19.6 Å². The molecule has 0 unspecified atom stereocenters. The summed E-state index contributed by atoms with van der Waals surface area (Å²) in [4.78, 5) is 26.4. The molecular weight excluding hydrogens is 306 g/mol. The van der Waals surface area contributed by atoms with Crippen LogP contribution < -0.4 is 15.4 Å². The summed E-state index contributed by atoms with van der Waals surface area (Å²) in [6.07, 6.45) is 0.133. The monoisotopic (exact) mass is 331 g/mol. The summed E-state index contributed by atoms with van der Waals surface area (Å²) in [5, 5.41) is 5.62. The topological polar surface area (TPSA) is 70.7 Å². The molecule has 1 aromatic rings. The summed E-state index contributed by atoms with van der Waals surface area (Å²) < 4.78 is 5.38. The lowest BCUT2D eigenvalue weighted by Gasteiger charge is -2.35. The molecule has 0 aromatic heterocycles. The minimum Gasteiger partial charge on any atom is -0.496 e. The highest BCUT2D eigenvalue weighted by molar-refractivity contribution is 5.88. The van der Waals surface area contributed by atoms with E-state index in [-0.39, 0.29) is 18.2 Å². The number of piperazine rings is 1. The van der Waals surface area contributed by atoms with E-state index >= 15 is 0 Å². The van der Waals surface area contributed by atoms with Crippen molar-refractivity contribution in [3.05, 3.63) is 42.0 Å².